The first-order valence-corrected chi connectivity index (χ1v) is 11.3. The van der Waals surface area contributed by atoms with Crippen molar-refractivity contribution in [3.63, 3.8) is 0 Å². The first kappa shape index (κ1) is 23.2. The van der Waals surface area contributed by atoms with Gasteiger partial charge in [0.25, 0.3) is 17.5 Å². The molecule has 0 atom stereocenters. The minimum atomic E-state index is -0.454. The Bertz CT molecular complexity index is 1110. The summed E-state index contributed by atoms with van der Waals surface area (Å²) in [6.45, 7) is 4.46. The molecule has 0 aliphatic carbocycles. The maximum atomic E-state index is 12.9. The molecule has 2 aliphatic heterocycles. The number of carbonyl (C=O) groups excluding carboxylic acids is 2. The second kappa shape index (κ2) is 10.3. The molecule has 2 aliphatic rings. The Morgan fingerprint density at radius 1 is 0.882 bits per heavy atom. The third kappa shape index (κ3) is 5.00. The van der Waals surface area contributed by atoms with E-state index in [1.165, 1.54) is 6.07 Å². The second-order valence-electron chi connectivity index (χ2n) is 8.32. The number of hydrogen-bond acceptors (Lipinski definition) is 7. The number of anilines is 1. The molecule has 2 aromatic carbocycles. The first-order valence-electron chi connectivity index (χ1n) is 11.3. The summed E-state index contributed by atoms with van der Waals surface area (Å²) in [4.78, 5) is 42.4. The second-order valence-corrected chi connectivity index (χ2v) is 8.32. The fraction of sp³-hybridized carbons (Fsp3) is 0.375. The van der Waals surface area contributed by atoms with Gasteiger partial charge < -0.3 is 20.0 Å². The fourth-order valence-electron chi connectivity index (χ4n) is 4.32. The number of hydrogen-bond donors (Lipinski definition) is 1. The van der Waals surface area contributed by atoms with Gasteiger partial charge in [-0.1, -0.05) is 0 Å². The lowest BCUT2D eigenvalue weighted by Gasteiger charge is -2.36. The Balaban J connectivity index is 1.45. The predicted molar refractivity (Wildman–Crippen MR) is 126 cm³/mol. The molecule has 2 amide bonds. The molecule has 4 rings (SSSR count). The smallest absolute Gasteiger partial charge is 0.293 e. The standard InChI is InChI=1S/C24H26N6O4/c25-17-18-2-4-19(5-3-18)23(31)29-14-12-27(13-15-29)21-7-6-20(16-22(21)30(33)34)24(32)28-10-1-8-26-9-11-28/h2-7,16,26H,1,8-15H2. The van der Waals surface area contributed by atoms with Gasteiger partial charge >= 0.3 is 0 Å². The molecule has 10 heteroatoms. The number of nitro groups is 1. The highest BCUT2D eigenvalue weighted by atomic mass is 16.6. The summed E-state index contributed by atoms with van der Waals surface area (Å²) in [7, 11) is 0. The van der Waals surface area contributed by atoms with E-state index in [1.807, 2.05) is 11.0 Å². The molecule has 0 unspecified atom stereocenters. The summed E-state index contributed by atoms with van der Waals surface area (Å²) in [5, 5.41) is 24.0. The normalized spacial score (nSPS) is 16.5. The molecule has 10 nitrogen and oxygen atoms in total. The predicted octanol–water partition coefficient (Wildman–Crippen LogP) is 1.86. The quantitative estimate of drug-likeness (QED) is 0.543. The molecule has 2 fully saturated rings. The van der Waals surface area contributed by atoms with E-state index in [1.54, 1.807) is 46.2 Å². The highest BCUT2D eigenvalue weighted by Gasteiger charge is 2.28. The largest absolute Gasteiger partial charge is 0.362 e. The Morgan fingerprint density at radius 2 is 1.53 bits per heavy atom. The van der Waals surface area contributed by atoms with Crippen LogP contribution in [-0.4, -0.2) is 78.9 Å². The summed E-state index contributed by atoms with van der Waals surface area (Å²) < 4.78 is 0. The van der Waals surface area contributed by atoms with Crippen molar-refractivity contribution in [2.75, 3.05) is 57.3 Å². The molecule has 0 bridgehead atoms. The zero-order valence-corrected chi connectivity index (χ0v) is 18.8. The van der Waals surface area contributed by atoms with Gasteiger partial charge in [0, 0.05) is 63.0 Å². The topological polar surface area (TPSA) is 123 Å². The maximum absolute atomic E-state index is 12.9. The molecular weight excluding hydrogens is 436 g/mol. The van der Waals surface area contributed by atoms with Crippen LogP contribution in [0.1, 0.15) is 32.7 Å². The van der Waals surface area contributed by atoms with Crippen molar-refractivity contribution in [3.8, 4) is 6.07 Å². The summed E-state index contributed by atoms with van der Waals surface area (Å²) in [5.74, 6) is -0.331. The summed E-state index contributed by atoms with van der Waals surface area (Å²) in [5.41, 5.74) is 1.65. The molecule has 0 radical (unpaired) electrons. The number of carbonyl (C=O) groups is 2. The van der Waals surface area contributed by atoms with Crippen molar-refractivity contribution < 1.29 is 14.5 Å². The van der Waals surface area contributed by atoms with Crippen molar-refractivity contribution in [1.82, 2.24) is 15.1 Å². The van der Waals surface area contributed by atoms with Crippen molar-refractivity contribution in [2.24, 2.45) is 0 Å². The molecule has 0 aromatic heterocycles. The highest BCUT2D eigenvalue weighted by Crippen LogP contribution is 2.31. The molecule has 0 spiro atoms. The van der Waals surface area contributed by atoms with Crippen LogP contribution in [0.3, 0.4) is 0 Å². The lowest BCUT2D eigenvalue weighted by atomic mass is 10.1. The van der Waals surface area contributed by atoms with Gasteiger partial charge in [-0.3, -0.25) is 19.7 Å². The van der Waals surface area contributed by atoms with Crippen LogP contribution < -0.4 is 10.2 Å². The lowest BCUT2D eigenvalue weighted by Crippen LogP contribution is -2.49. The number of amides is 2. The summed E-state index contributed by atoms with van der Waals surface area (Å²) in [6.07, 6.45) is 0.845. The van der Waals surface area contributed by atoms with E-state index in [2.05, 4.69) is 5.32 Å². The molecule has 2 saturated heterocycles. The van der Waals surface area contributed by atoms with E-state index >= 15 is 0 Å². The average Bonchev–Trinajstić information content (AvgIpc) is 3.17. The molecular formula is C24H26N6O4. The van der Waals surface area contributed by atoms with Gasteiger partial charge in [-0.05, 0) is 49.4 Å². The number of nitro benzene ring substituents is 1. The maximum Gasteiger partial charge on any atom is 0.293 e. The van der Waals surface area contributed by atoms with E-state index < -0.39 is 4.92 Å². The Kier molecular flexibility index (Phi) is 7.04. The van der Waals surface area contributed by atoms with E-state index in [0.29, 0.717) is 68.2 Å². The van der Waals surface area contributed by atoms with Crippen molar-refractivity contribution >= 4 is 23.2 Å². The Morgan fingerprint density at radius 3 is 2.21 bits per heavy atom. The average molecular weight is 463 g/mol. The monoisotopic (exact) mass is 462 g/mol. The highest BCUT2D eigenvalue weighted by molar-refractivity contribution is 5.96. The van der Waals surface area contributed by atoms with Gasteiger partial charge in [0.2, 0.25) is 0 Å². The Hall–Kier alpha value is -3.97. The van der Waals surface area contributed by atoms with Crippen molar-refractivity contribution in [2.45, 2.75) is 6.42 Å². The van der Waals surface area contributed by atoms with Crippen LogP contribution in [0, 0.1) is 21.4 Å². The van der Waals surface area contributed by atoms with E-state index in [9.17, 15) is 19.7 Å². The molecule has 176 valence electrons. The van der Waals surface area contributed by atoms with Crippen molar-refractivity contribution in [3.05, 3.63) is 69.3 Å². The van der Waals surface area contributed by atoms with Gasteiger partial charge in [0.1, 0.15) is 5.69 Å². The fourth-order valence-corrected chi connectivity index (χ4v) is 4.32. The minimum absolute atomic E-state index is 0.106. The van der Waals surface area contributed by atoms with Crippen LogP contribution in [0.2, 0.25) is 0 Å². The van der Waals surface area contributed by atoms with Gasteiger partial charge in [0.15, 0.2) is 0 Å². The zero-order valence-electron chi connectivity index (χ0n) is 18.8. The lowest BCUT2D eigenvalue weighted by molar-refractivity contribution is -0.384. The van der Waals surface area contributed by atoms with Crippen LogP contribution in [0.5, 0.6) is 0 Å². The number of nitrogens with zero attached hydrogens (tertiary/aromatic N) is 5. The van der Waals surface area contributed by atoms with E-state index in [4.69, 9.17) is 5.26 Å². The molecule has 34 heavy (non-hydrogen) atoms. The van der Waals surface area contributed by atoms with Gasteiger partial charge in [-0.25, -0.2) is 0 Å². The number of benzene rings is 2. The van der Waals surface area contributed by atoms with Crippen LogP contribution in [0.4, 0.5) is 11.4 Å². The molecule has 0 saturated carbocycles. The Labute approximate surface area is 197 Å². The van der Waals surface area contributed by atoms with Gasteiger partial charge in [0.05, 0.1) is 16.6 Å². The van der Waals surface area contributed by atoms with Crippen LogP contribution in [0.25, 0.3) is 0 Å². The zero-order chi connectivity index (χ0) is 24.1. The summed E-state index contributed by atoms with van der Waals surface area (Å²) in [6, 6.07) is 13.2. The van der Waals surface area contributed by atoms with Gasteiger partial charge in [-0.2, -0.15) is 5.26 Å². The number of piperazine rings is 1. The van der Waals surface area contributed by atoms with E-state index in [0.717, 1.165) is 13.0 Å². The molecule has 1 N–H and O–H groups in total. The first-order chi connectivity index (χ1) is 16.5. The number of nitriles is 1. The van der Waals surface area contributed by atoms with Crippen LogP contribution in [-0.2, 0) is 0 Å². The summed E-state index contributed by atoms with van der Waals surface area (Å²) >= 11 is 0. The van der Waals surface area contributed by atoms with Crippen molar-refractivity contribution in [1.29, 1.82) is 5.26 Å². The third-order valence-electron chi connectivity index (χ3n) is 6.21. The van der Waals surface area contributed by atoms with Crippen LogP contribution in [0.15, 0.2) is 42.5 Å². The van der Waals surface area contributed by atoms with Gasteiger partial charge in [-0.15, -0.1) is 0 Å². The third-order valence-corrected chi connectivity index (χ3v) is 6.21. The molecule has 2 heterocycles. The number of rotatable bonds is 4. The molecule has 2 aromatic rings. The van der Waals surface area contributed by atoms with Crippen LogP contribution >= 0.6 is 0 Å². The number of nitrogens with one attached hydrogen (secondary N) is 1. The minimum Gasteiger partial charge on any atom is -0.362 e. The SMILES string of the molecule is N#Cc1ccc(C(=O)N2CCN(c3ccc(C(=O)N4CCCNCC4)cc3[N+](=O)[O-])CC2)cc1. The van der Waals surface area contributed by atoms with E-state index in [-0.39, 0.29) is 17.5 Å².